The molecule has 2 aromatic rings. The molecule has 2 heterocycles. The van der Waals surface area contributed by atoms with Crippen LogP contribution in [-0.2, 0) is 6.42 Å². The van der Waals surface area contributed by atoms with Crippen molar-refractivity contribution in [2.75, 3.05) is 0 Å². The Labute approximate surface area is 98.4 Å². The topological polar surface area (TPSA) is 68.1 Å². The fourth-order valence-corrected chi connectivity index (χ4v) is 2.38. The molecular weight excluding hydrogens is 216 g/mol. The summed E-state index contributed by atoms with van der Waals surface area (Å²) in [5.41, 5.74) is 8.79. The van der Waals surface area contributed by atoms with E-state index in [1.165, 1.54) is 11.6 Å². The van der Waals surface area contributed by atoms with E-state index >= 15 is 0 Å². The third kappa shape index (κ3) is 1.61. The van der Waals surface area contributed by atoms with Gasteiger partial charge in [-0.25, -0.2) is 0 Å². The molecule has 0 fully saturated rings. The predicted octanol–water partition coefficient (Wildman–Crippen LogP) is 1.45. The van der Waals surface area contributed by atoms with Crippen molar-refractivity contribution in [3.63, 3.8) is 0 Å². The van der Waals surface area contributed by atoms with Crippen molar-refractivity contribution < 1.29 is 4.74 Å². The number of aryl methyl sites for hydroxylation is 2. The van der Waals surface area contributed by atoms with Gasteiger partial charge in [0.2, 0.25) is 5.56 Å². The molecule has 4 heteroatoms. The number of rotatable bonds is 0. The molecule has 0 saturated heterocycles. The first-order valence-electron chi connectivity index (χ1n) is 5.73. The van der Waals surface area contributed by atoms with Crippen molar-refractivity contribution in [3.8, 4) is 5.75 Å². The van der Waals surface area contributed by atoms with Gasteiger partial charge in [-0.15, -0.1) is 0 Å². The molecule has 1 aliphatic heterocycles. The van der Waals surface area contributed by atoms with E-state index in [-0.39, 0.29) is 11.8 Å². The highest BCUT2D eigenvalue weighted by atomic mass is 16.5. The highest BCUT2D eigenvalue weighted by Gasteiger charge is 2.20. The van der Waals surface area contributed by atoms with Crippen molar-refractivity contribution in [1.82, 2.24) is 4.98 Å². The SMILES string of the molecule is Cc1cc2c(c3ccc(=O)[nH]c13)OC(N)CC2. The maximum absolute atomic E-state index is 11.3. The van der Waals surface area contributed by atoms with Crippen LogP contribution in [0.25, 0.3) is 10.9 Å². The van der Waals surface area contributed by atoms with Crippen LogP contribution in [0.5, 0.6) is 5.75 Å². The van der Waals surface area contributed by atoms with E-state index < -0.39 is 0 Å². The number of benzene rings is 1. The van der Waals surface area contributed by atoms with Crippen LogP contribution in [-0.4, -0.2) is 11.2 Å². The third-order valence-corrected chi connectivity index (χ3v) is 3.21. The molecule has 17 heavy (non-hydrogen) atoms. The molecule has 0 aliphatic carbocycles. The van der Waals surface area contributed by atoms with Crippen LogP contribution in [0.3, 0.4) is 0 Å². The Hall–Kier alpha value is -1.81. The number of hydrogen-bond donors (Lipinski definition) is 2. The Morgan fingerprint density at radius 1 is 1.47 bits per heavy atom. The van der Waals surface area contributed by atoms with Gasteiger partial charge in [-0.2, -0.15) is 0 Å². The summed E-state index contributed by atoms with van der Waals surface area (Å²) in [4.78, 5) is 14.2. The van der Waals surface area contributed by atoms with Gasteiger partial charge in [0.25, 0.3) is 0 Å². The largest absolute Gasteiger partial charge is 0.475 e. The standard InChI is InChI=1S/C13H14N2O2/c1-7-6-8-2-4-10(14)17-13(8)9-3-5-11(16)15-12(7)9/h3,5-6,10H,2,4,14H2,1H3,(H,15,16). The molecule has 1 aromatic heterocycles. The van der Waals surface area contributed by atoms with Crippen LogP contribution in [0.1, 0.15) is 17.5 Å². The second-order valence-corrected chi connectivity index (χ2v) is 4.49. The lowest BCUT2D eigenvalue weighted by molar-refractivity contribution is 0.183. The Bertz CT molecular complexity index is 646. The van der Waals surface area contributed by atoms with E-state index in [1.807, 2.05) is 6.92 Å². The van der Waals surface area contributed by atoms with E-state index in [1.54, 1.807) is 6.07 Å². The van der Waals surface area contributed by atoms with Crippen LogP contribution in [0.2, 0.25) is 0 Å². The summed E-state index contributed by atoms with van der Waals surface area (Å²) in [6.45, 7) is 1.99. The van der Waals surface area contributed by atoms with Gasteiger partial charge in [0, 0.05) is 17.9 Å². The minimum Gasteiger partial charge on any atom is -0.475 e. The van der Waals surface area contributed by atoms with Gasteiger partial charge in [-0.1, -0.05) is 6.07 Å². The molecule has 0 spiro atoms. The lowest BCUT2D eigenvalue weighted by atomic mass is 9.98. The monoisotopic (exact) mass is 230 g/mol. The maximum atomic E-state index is 11.3. The zero-order valence-electron chi connectivity index (χ0n) is 9.62. The summed E-state index contributed by atoms with van der Waals surface area (Å²) < 4.78 is 5.70. The van der Waals surface area contributed by atoms with Crippen LogP contribution in [0, 0.1) is 6.92 Å². The second kappa shape index (κ2) is 3.60. The van der Waals surface area contributed by atoms with Gasteiger partial charge in [0.05, 0.1) is 5.52 Å². The van der Waals surface area contributed by atoms with Crippen molar-refractivity contribution >= 4 is 10.9 Å². The van der Waals surface area contributed by atoms with Gasteiger partial charge in [0.15, 0.2) is 0 Å². The smallest absolute Gasteiger partial charge is 0.248 e. The summed E-state index contributed by atoms with van der Waals surface area (Å²) in [5, 5.41) is 0.940. The molecule has 3 rings (SSSR count). The molecule has 1 atom stereocenters. The zero-order valence-corrected chi connectivity index (χ0v) is 9.62. The maximum Gasteiger partial charge on any atom is 0.248 e. The number of hydrogen-bond acceptors (Lipinski definition) is 3. The van der Waals surface area contributed by atoms with Crippen molar-refractivity contribution in [1.29, 1.82) is 0 Å². The number of fused-ring (bicyclic) bond motifs is 3. The fraction of sp³-hybridized carbons (Fsp3) is 0.308. The van der Waals surface area contributed by atoms with Crippen LogP contribution in [0.4, 0.5) is 0 Å². The number of aromatic amines is 1. The number of nitrogens with one attached hydrogen (secondary N) is 1. The predicted molar refractivity (Wildman–Crippen MR) is 66.2 cm³/mol. The average molecular weight is 230 g/mol. The van der Waals surface area contributed by atoms with Crippen molar-refractivity contribution in [3.05, 3.63) is 39.7 Å². The summed E-state index contributed by atoms with van der Waals surface area (Å²) in [5.74, 6) is 0.820. The molecule has 4 nitrogen and oxygen atoms in total. The van der Waals surface area contributed by atoms with Crippen LogP contribution >= 0.6 is 0 Å². The van der Waals surface area contributed by atoms with Crippen LogP contribution < -0.4 is 16.0 Å². The Kier molecular flexibility index (Phi) is 2.19. The highest BCUT2D eigenvalue weighted by molar-refractivity contribution is 5.89. The van der Waals surface area contributed by atoms with Gasteiger partial charge >= 0.3 is 0 Å². The summed E-state index contributed by atoms with van der Waals surface area (Å²) in [7, 11) is 0. The van der Waals surface area contributed by atoms with E-state index in [2.05, 4.69) is 11.1 Å². The Morgan fingerprint density at radius 3 is 3.12 bits per heavy atom. The summed E-state index contributed by atoms with van der Waals surface area (Å²) in [6.07, 6.45) is 1.51. The normalized spacial score (nSPS) is 18.8. The van der Waals surface area contributed by atoms with E-state index in [4.69, 9.17) is 10.5 Å². The first-order chi connectivity index (χ1) is 8.15. The average Bonchev–Trinajstić information content (AvgIpc) is 2.30. The minimum atomic E-state index is -0.250. The van der Waals surface area contributed by atoms with Crippen LogP contribution in [0.15, 0.2) is 23.0 Å². The Balaban J connectivity index is 2.36. The Morgan fingerprint density at radius 2 is 2.29 bits per heavy atom. The molecular formula is C13H14N2O2. The van der Waals surface area contributed by atoms with Gasteiger partial charge in [0.1, 0.15) is 12.0 Å². The molecule has 0 bridgehead atoms. The first kappa shape index (κ1) is 10.4. The molecule has 0 radical (unpaired) electrons. The highest BCUT2D eigenvalue weighted by Crippen LogP contribution is 2.34. The minimum absolute atomic E-state index is 0.0966. The van der Waals surface area contributed by atoms with Gasteiger partial charge < -0.3 is 9.72 Å². The molecule has 1 aliphatic rings. The van der Waals surface area contributed by atoms with Crippen molar-refractivity contribution in [2.24, 2.45) is 5.73 Å². The number of H-pyrrole nitrogens is 1. The van der Waals surface area contributed by atoms with Crippen molar-refractivity contribution in [2.45, 2.75) is 26.0 Å². The lowest BCUT2D eigenvalue weighted by Crippen LogP contribution is -2.31. The summed E-state index contributed by atoms with van der Waals surface area (Å²) in [6, 6.07) is 5.39. The number of ether oxygens (including phenoxy) is 1. The molecule has 0 saturated carbocycles. The molecule has 3 N–H and O–H groups in total. The number of nitrogens with two attached hydrogens (primary N) is 1. The lowest BCUT2D eigenvalue weighted by Gasteiger charge is -2.25. The second-order valence-electron chi connectivity index (χ2n) is 4.49. The van der Waals surface area contributed by atoms with E-state index in [0.717, 1.165) is 35.1 Å². The quantitative estimate of drug-likeness (QED) is 0.719. The fourth-order valence-electron chi connectivity index (χ4n) is 2.38. The summed E-state index contributed by atoms with van der Waals surface area (Å²) >= 11 is 0. The molecule has 1 unspecified atom stereocenters. The molecule has 0 amide bonds. The van der Waals surface area contributed by atoms with Gasteiger partial charge in [-0.05, 0) is 30.5 Å². The molecule has 1 aromatic carbocycles. The third-order valence-electron chi connectivity index (χ3n) is 3.21. The van der Waals surface area contributed by atoms with Gasteiger partial charge in [-0.3, -0.25) is 10.5 Å². The van der Waals surface area contributed by atoms with E-state index in [0.29, 0.717) is 0 Å². The van der Waals surface area contributed by atoms with E-state index in [9.17, 15) is 4.79 Å². The first-order valence-corrected chi connectivity index (χ1v) is 5.73. The molecule has 88 valence electrons. The zero-order chi connectivity index (χ0) is 12.0. The number of aromatic nitrogens is 1. The number of pyridine rings is 1.